The van der Waals surface area contributed by atoms with Crippen LogP contribution in [0, 0.1) is 0 Å². The summed E-state index contributed by atoms with van der Waals surface area (Å²) in [6.07, 6.45) is 0. The molecule has 0 saturated heterocycles. The number of nitrogens with one attached hydrogen (secondary N) is 2. The first-order valence-electron chi connectivity index (χ1n) is 6.69. The van der Waals surface area contributed by atoms with Gasteiger partial charge in [0.2, 0.25) is 15.9 Å². The molecule has 22 heavy (non-hydrogen) atoms. The molecule has 0 unspecified atom stereocenters. The smallest absolute Gasteiger partial charge is 0.313 e. The lowest BCUT2D eigenvalue weighted by atomic mass is 9.85. The van der Waals surface area contributed by atoms with Crippen molar-refractivity contribution in [2.24, 2.45) is 0 Å². The molecule has 0 saturated carbocycles. The molecule has 1 aromatic carbocycles. The Morgan fingerprint density at radius 2 is 1.73 bits per heavy atom. The number of rotatable bonds is 7. The zero-order valence-electron chi connectivity index (χ0n) is 12.7. The van der Waals surface area contributed by atoms with E-state index in [1.807, 2.05) is 0 Å². The number of carbonyl (C=O) groups excluding carboxylic acids is 1. The van der Waals surface area contributed by atoms with Crippen molar-refractivity contribution in [3.8, 4) is 0 Å². The van der Waals surface area contributed by atoms with Crippen LogP contribution in [0.2, 0.25) is 0 Å². The van der Waals surface area contributed by atoms with Gasteiger partial charge < -0.3 is 10.4 Å². The van der Waals surface area contributed by atoms with Crippen LogP contribution in [0.25, 0.3) is 0 Å². The Hall–Kier alpha value is -1.93. The first-order valence-corrected chi connectivity index (χ1v) is 8.35. The molecule has 0 radical (unpaired) electrons. The van der Waals surface area contributed by atoms with Gasteiger partial charge in [-0.2, -0.15) is 0 Å². The normalized spacial score (nSPS) is 12.0. The highest BCUT2D eigenvalue weighted by Gasteiger charge is 2.29. The molecule has 0 aromatic heterocycles. The zero-order valence-corrected chi connectivity index (χ0v) is 13.5. The Bertz CT molecular complexity index is 650. The van der Waals surface area contributed by atoms with Crippen molar-refractivity contribution in [2.45, 2.75) is 26.2 Å². The van der Waals surface area contributed by atoms with Crippen LogP contribution in [-0.4, -0.2) is 37.7 Å². The molecular weight excluding hydrogens is 308 g/mol. The van der Waals surface area contributed by atoms with E-state index in [-0.39, 0.29) is 6.54 Å². The molecular formula is C14H20N2O5S. The molecule has 0 fully saturated rings. The summed E-state index contributed by atoms with van der Waals surface area (Å²) >= 11 is 0. The number of hydrogen-bond donors (Lipinski definition) is 3. The van der Waals surface area contributed by atoms with E-state index in [9.17, 15) is 18.0 Å². The average molecular weight is 328 g/mol. The molecule has 1 aromatic rings. The quantitative estimate of drug-likeness (QED) is 0.689. The maximum absolute atomic E-state index is 11.7. The van der Waals surface area contributed by atoms with E-state index < -0.39 is 33.1 Å². The second kappa shape index (κ2) is 6.89. The summed E-state index contributed by atoms with van der Waals surface area (Å²) in [5.74, 6) is -2.28. The second-order valence-electron chi connectivity index (χ2n) is 5.31. The Labute approximate surface area is 129 Å². The number of amides is 1. The van der Waals surface area contributed by atoms with Gasteiger partial charge in [0.1, 0.15) is 5.75 Å². The van der Waals surface area contributed by atoms with Crippen LogP contribution >= 0.6 is 0 Å². The van der Waals surface area contributed by atoms with Crippen LogP contribution in [0.5, 0.6) is 0 Å². The van der Waals surface area contributed by atoms with Gasteiger partial charge in [-0.3, -0.25) is 9.59 Å². The van der Waals surface area contributed by atoms with Gasteiger partial charge in [0.25, 0.3) is 0 Å². The van der Waals surface area contributed by atoms with E-state index in [2.05, 4.69) is 10.0 Å². The lowest BCUT2D eigenvalue weighted by Gasteiger charge is -2.19. The van der Waals surface area contributed by atoms with Gasteiger partial charge in [0.15, 0.2) is 0 Å². The van der Waals surface area contributed by atoms with Gasteiger partial charge in [0, 0.05) is 12.2 Å². The molecule has 8 heteroatoms. The largest absolute Gasteiger partial charge is 0.481 e. The van der Waals surface area contributed by atoms with Crippen LogP contribution in [0.15, 0.2) is 24.3 Å². The fraction of sp³-hybridized carbons (Fsp3) is 0.429. The molecule has 1 amide bonds. The van der Waals surface area contributed by atoms with Crippen LogP contribution < -0.4 is 10.0 Å². The third-order valence-electron chi connectivity index (χ3n) is 3.11. The topological polar surface area (TPSA) is 113 Å². The van der Waals surface area contributed by atoms with Gasteiger partial charge >= 0.3 is 5.97 Å². The number of anilines is 1. The fourth-order valence-electron chi connectivity index (χ4n) is 1.73. The second-order valence-corrected chi connectivity index (χ2v) is 7.12. The molecule has 1 rings (SSSR count). The number of carbonyl (C=O) groups is 2. The summed E-state index contributed by atoms with van der Waals surface area (Å²) in [5, 5.41) is 11.6. The Balaban J connectivity index is 2.77. The van der Waals surface area contributed by atoms with Crippen molar-refractivity contribution in [3.63, 3.8) is 0 Å². The summed E-state index contributed by atoms with van der Waals surface area (Å²) in [6, 6.07) is 6.25. The average Bonchev–Trinajstić information content (AvgIpc) is 2.38. The van der Waals surface area contributed by atoms with E-state index in [1.165, 1.54) is 12.1 Å². The van der Waals surface area contributed by atoms with E-state index in [0.29, 0.717) is 11.3 Å². The van der Waals surface area contributed by atoms with E-state index in [4.69, 9.17) is 5.11 Å². The summed E-state index contributed by atoms with van der Waals surface area (Å²) in [7, 11) is -3.63. The lowest BCUT2D eigenvalue weighted by Crippen LogP contribution is -2.32. The molecule has 3 N–H and O–H groups in total. The molecule has 0 spiro atoms. The highest BCUT2D eigenvalue weighted by molar-refractivity contribution is 7.90. The van der Waals surface area contributed by atoms with Crippen LogP contribution in [0.4, 0.5) is 5.69 Å². The Morgan fingerprint density at radius 3 is 2.18 bits per heavy atom. The third-order valence-corrected chi connectivity index (χ3v) is 4.48. The number of carboxylic acids is 1. The summed E-state index contributed by atoms with van der Waals surface area (Å²) in [6.45, 7) is 4.99. The van der Waals surface area contributed by atoms with E-state index in [0.717, 1.165) is 0 Å². The summed E-state index contributed by atoms with van der Waals surface area (Å²) in [5.41, 5.74) is -0.0587. The fourth-order valence-corrected chi connectivity index (χ4v) is 2.69. The van der Waals surface area contributed by atoms with Gasteiger partial charge in [0.05, 0.1) is 5.41 Å². The minimum atomic E-state index is -3.63. The molecule has 7 nitrogen and oxygen atoms in total. The van der Waals surface area contributed by atoms with Crippen LogP contribution in [-0.2, 0) is 25.0 Å². The first kappa shape index (κ1) is 18.1. The maximum Gasteiger partial charge on any atom is 0.313 e. The minimum absolute atomic E-state index is 0.217. The van der Waals surface area contributed by atoms with Crippen molar-refractivity contribution in [1.29, 1.82) is 0 Å². The zero-order chi connectivity index (χ0) is 17.0. The van der Waals surface area contributed by atoms with Crippen LogP contribution in [0.3, 0.4) is 0 Å². The standard InChI is InChI=1S/C14H20N2O5S/c1-4-15-22(20,21)9-12(17)16-11-7-5-10(6-8-11)14(2,3)13(18)19/h5-8,15H,4,9H2,1-3H3,(H,16,17)(H,18,19). The SMILES string of the molecule is CCNS(=O)(=O)CC(=O)Nc1ccc(C(C)(C)C(=O)O)cc1. The van der Waals surface area contributed by atoms with Crippen molar-refractivity contribution < 1.29 is 23.1 Å². The number of benzene rings is 1. The minimum Gasteiger partial charge on any atom is -0.481 e. The van der Waals surface area contributed by atoms with E-state index >= 15 is 0 Å². The lowest BCUT2D eigenvalue weighted by molar-refractivity contribution is -0.142. The monoisotopic (exact) mass is 328 g/mol. The third kappa shape index (κ3) is 4.81. The molecule has 0 bridgehead atoms. The molecule has 122 valence electrons. The highest BCUT2D eigenvalue weighted by atomic mass is 32.2. The van der Waals surface area contributed by atoms with Crippen molar-refractivity contribution in [2.75, 3.05) is 17.6 Å². The molecule has 0 aliphatic heterocycles. The number of hydrogen-bond acceptors (Lipinski definition) is 4. The molecule has 0 aliphatic rings. The van der Waals surface area contributed by atoms with Gasteiger partial charge in [-0.05, 0) is 31.5 Å². The van der Waals surface area contributed by atoms with Crippen LogP contribution in [0.1, 0.15) is 26.3 Å². The number of aliphatic carboxylic acids is 1. The predicted octanol–water partition coefficient (Wildman–Crippen LogP) is 0.927. The Morgan fingerprint density at radius 1 is 1.18 bits per heavy atom. The summed E-state index contributed by atoms with van der Waals surface area (Å²) in [4.78, 5) is 22.8. The van der Waals surface area contributed by atoms with E-state index in [1.54, 1.807) is 32.9 Å². The molecule has 0 aliphatic carbocycles. The van der Waals surface area contributed by atoms with Gasteiger partial charge in [-0.1, -0.05) is 19.1 Å². The molecule has 0 heterocycles. The maximum atomic E-state index is 11.7. The van der Waals surface area contributed by atoms with Gasteiger partial charge in [-0.25, -0.2) is 13.1 Å². The number of carboxylic acid groups (broad SMARTS) is 1. The summed E-state index contributed by atoms with van der Waals surface area (Å²) < 4.78 is 25.1. The van der Waals surface area contributed by atoms with Crippen molar-refractivity contribution in [1.82, 2.24) is 4.72 Å². The predicted molar refractivity (Wildman–Crippen MR) is 83.2 cm³/mol. The van der Waals surface area contributed by atoms with Crippen molar-refractivity contribution in [3.05, 3.63) is 29.8 Å². The first-order chi connectivity index (χ1) is 10.1. The van der Waals surface area contributed by atoms with Gasteiger partial charge in [-0.15, -0.1) is 0 Å². The molecule has 0 atom stereocenters. The Kier molecular flexibility index (Phi) is 5.67. The van der Waals surface area contributed by atoms with Crippen molar-refractivity contribution >= 4 is 27.6 Å². The number of sulfonamides is 1. The highest BCUT2D eigenvalue weighted by Crippen LogP contribution is 2.24.